The Balaban J connectivity index is 1.72. The first-order valence-corrected chi connectivity index (χ1v) is 10.8. The van der Waals surface area contributed by atoms with Gasteiger partial charge in [-0.05, 0) is 30.7 Å². The van der Waals surface area contributed by atoms with Crippen LogP contribution in [-0.2, 0) is 14.3 Å². The standard InChI is InChI=1S/C22H17ClN2O7S/c1-2-31-22(28)20-16(11-18(33-20)13-6-4-3-5-7-13)24-19(26)12-32-21(27)14-8-9-15(23)17(10-14)25(29)30/h3-11H,2,12H2,1H3,(H,24,26). The van der Waals surface area contributed by atoms with Gasteiger partial charge in [0.25, 0.3) is 11.6 Å². The number of amides is 1. The van der Waals surface area contributed by atoms with Gasteiger partial charge in [0, 0.05) is 10.9 Å². The molecule has 3 rings (SSSR count). The summed E-state index contributed by atoms with van der Waals surface area (Å²) in [6.45, 7) is 1.16. The second-order valence-corrected chi connectivity index (χ2v) is 7.95. The molecule has 0 aliphatic heterocycles. The number of nitrogens with one attached hydrogen (secondary N) is 1. The molecule has 33 heavy (non-hydrogen) atoms. The molecule has 0 fully saturated rings. The van der Waals surface area contributed by atoms with Crippen molar-refractivity contribution in [3.63, 3.8) is 0 Å². The molecule has 0 bridgehead atoms. The molecule has 0 atom stereocenters. The van der Waals surface area contributed by atoms with Crippen molar-refractivity contribution in [2.75, 3.05) is 18.5 Å². The van der Waals surface area contributed by atoms with Crippen LogP contribution in [0, 0.1) is 10.1 Å². The van der Waals surface area contributed by atoms with Crippen molar-refractivity contribution in [2.45, 2.75) is 6.92 Å². The summed E-state index contributed by atoms with van der Waals surface area (Å²) < 4.78 is 10.0. The van der Waals surface area contributed by atoms with Crippen LogP contribution in [0.1, 0.15) is 27.0 Å². The molecule has 170 valence electrons. The third kappa shape index (κ3) is 5.93. The van der Waals surface area contributed by atoms with E-state index in [9.17, 15) is 24.5 Å². The molecule has 11 heteroatoms. The van der Waals surface area contributed by atoms with Crippen LogP contribution in [0.3, 0.4) is 0 Å². The number of benzene rings is 2. The minimum absolute atomic E-state index is 0.131. The van der Waals surface area contributed by atoms with Crippen LogP contribution in [0.15, 0.2) is 54.6 Å². The second kappa shape index (κ2) is 10.7. The van der Waals surface area contributed by atoms with Gasteiger partial charge in [-0.15, -0.1) is 11.3 Å². The fraction of sp³-hybridized carbons (Fsp3) is 0.136. The number of nitro groups is 1. The maximum absolute atomic E-state index is 12.4. The Bertz CT molecular complexity index is 1210. The molecule has 1 heterocycles. The van der Waals surface area contributed by atoms with Crippen LogP contribution >= 0.6 is 22.9 Å². The summed E-state index contributed by atoms with van der Waals surface area (Å²) in [6.07, 6.45) is 0. The lowest BCUT2D eigenvalue weighted by molar-refractivity contribution is -0.384. The number of anilines is 1. The zero-order valence-corrected chi connectivity index (χ0v) is 18.8. The molecule has 1 N–H and O–H groups in total. The van der Waals surface area contributed by atoms with E-state index in [1.54, 1.807) is 13.0 Å². The van der Waals surface area contributed by atoms with Gasteiger partial charge in [0.05, 0.1) is 22.8 Å². The maximum Gasteiger partial charge on any atom is 0.350 e. The first-order chi connectivity index (χ1) is 15.8. The number of halogens is 1. The predicted molar refractivity (Wildman–Crippen MR) is 123 cm³/mol. The molecule has 0 saturated carbocycles. The minimum Gasteiger partial charge on any atom is -0.462 e. The highest BCUT2D eigenvalue weighted by molar-refractivity contribution is 7.18. The number of carbonyl (C=O) groups excluding carboxylic acids is 3. The first-order valence-electron chi connectivity index (χ1n) is 9.57. The van der Waals surface area contributed by atoms with E-state index in [0.29, 0.717) is 0 Å². The van der Waals surface area contributed by atoms with Gasteiger partial charge in [0.15, 0.2) is 6.61 Å². The van der Waals surface area contributed by atoms with Gasteiger partial charge in [0.2, 0.25) is 0 Å². The van der Waals surface area contributed by atoms with Gasteiger partial charge in [-0.3, -0.25) is 14.9 Å². The average molecular weight is 489 g/mol. The zero-order valence-electron chi connectivity index (χ0n) is 17.2. The maximum atomic E-state index is 12.4. The van der Waals surface area contributed by atoms with E-state index < -0.39 is 35.1 Å². The zero-order chi connectivity index (χ0) is 24.0. The molecule has 0 unspecified atom stereocenters. The molecule has 0 aliphatic carbocycles. The third-order valence-corrected chi connectivity index (χ3v) is 5.72. The number of rotatable bonds is 8. The fourth-order valence-electron chi connectivity index (χ4n) is 2.76. The number of thiophene rings is 1. The summed E-state index contributed by atoms with van der Waals surface area (Å²) in [7, 11) is 0. The topological polar surface area (TPSA) is 125 Å². The highest BCUT2D eigenvalue weighted by atomic mass is 35.5. The first kappa shape index (κ1) is 23.9. The molecule has 0 radical (unpaired) electrons. The SMILES string of the molecule is CCOC(=O)c1sc(-c2ccccc2)cc1NC(=O)COC(=O)c1ccc(Cl)c([N+](=O)[O-])c1. The second-order valence-electron chi connectivity index (χ2n) is 6.49. The number of hydrogen-bond acceptors (Lipinski definition) is 8. The largest absolute Gasteiger partial charge is 0.462 e. The smallest absolute Gasteiger partial charge is 0.350 e. The predicted octanol–water partition coefficient (Wildman–Crippen LogP) is 4.95. The van der Waals surface area contributed by atoms with E-state index in [1.165, 1.54) is 12.1 Å². The van der Waals surface area contributed by atoms with E-state index >= 15 is 0 Å². The number of hydrogen-bond donors (Lipinski definition) is 1. The Morgan fingerprint density at radius 3 is 2.45 bits per heavy atom. The van der Waals surface area contributed by atoms with E-state index in [1.807, 2.05) is 30.3 Å². The highest BCUT2D eigenvalue weighted by Gasteiger charge is 2.21. The van der Waals surface area contributed by atoms with E-state index in [0.717, 1.165) is 27.8 Å². The third-order valence-electron chi connectivity index (χ3n) is 4.24. The van der Waals surface area contributed by atoms with E-state index in [-0.39, 0.29) is 27.8 Å². The summed E-state index contributed by atoms with van der Waals surface area (Å²) in [6, 6.07) is 14.3. The van der Waals surface area contributed by atoms with Crippen LogP contribution in [0.2, 0.25) is 5.02 Å². The molecular weight excluding hydrogens is 472 g/mol. The molecule has 1 amide bonds. The van der Waals surface area contributed by atoms with Crippen LogP contribution in [0.4, 0.5) is 11.4 Å². The van der Waals surface area contributed by atoms with Crippen molar-refractivity contribution in [3.05, 3.63) is 80.2 Å². The lowest BCUT2D eigenvalue weighted by Crippen LogP contribution is -2.21. The molecule has 0 saturated heterocycles. The van der Waals surface area contributed by atoms with Crippen molar-refractivity contribution in [3.8, 4) is 10.4 Å². The van der Waals surface area contributed by atoms with Crippen molar-refractivity contribution in [1.82, 2.24) is 0 Å². The lowest BCUT2D eigenvalue weighted by atomic mass is 10.2. The van der Waals surface area contributed by atoms with E-state index in [4.69, 9.17) is 21.1 Å². The molecule has 0 spiro atoms. The van der Waals surface area contributed by atoms with Gasteiger partial charge in [-0.25, -0.2) is 9.59 Å². The average Bonchev–Trinajstić information content (AvgIpc) is 3.22. The van der Waals surface area contributed by atoms with Crippen LogP contribution in [0.5, 0.6) is 0 Å². The Morgan fingerprint density at radius 2 is 1.79 bits per heavy atom. The molecular formula is C22H17ClN2O7S. The van der Waals surface area contributed by atoms with Crippen LogP contribution < -0.4 is 5.32 Å². The Kier molecular flexibility index (Phi) is 7.75. The van der Waals surface area contributed by atoms with Crippen molar-refractivity contribution >= 4 is 52.2 Å². The van der Waals surface area contributed by atoms with Gasteiger partial charge in [0.1, 0.15) is 9.90 Å². The summed E-state index contributed by atoms with van der Waals surface area (Å²) in [5, 5.41) is 13.4. The van der Waals surface area contributed by atoms with Gasteiger partial charge in [-0.2, -0.15) is 0 Å². The van der Waals surface area contributed by atoms with Crippen LogP contribution in [0.25, 0.3) is 10.4 Å². The monoisotopic (exact) mass is 488 g/mol. The number of nitrogens with zero attached hydrogens (tertiary/aromatic N) is 1. The summed E-state index contributed by atoms with van der Waals surface area (Å²) in [4.78, 5) is 48.1. The number of esters is 2. The van der Waals surface area contributed by atoms with Gasteiger partial charge >= 0.3 is 11.9 Å². The summed E-state index contributed by atoms with van der Waals surface area (Å²) in [5.41, 5.74) is 0.485. The van der Waals surface area contributed by atoms with E-state index in [2.05, 4.69) is 5.32 Å². The highest BCUT2D eigenvalue weighted by Crippen LogP contribution is 2.35. The molecule has 9 nitrogen and oxygen atoms in total. The minimum atomic E-state index is -0.939. The Labute approximate surface area is 197 Å². The number of nitro benzene ring substituents is 1. The Morgan fingerprint density at radius 1 is 1.06 bits per heavy atom. The lowest BCUT2D eigenvalue weighted by Gasteiger charge is -2.07. The molecule has 2 aromatic carbocycles. The Hall–Kier alpha value is -3.76. The van der Waals surface area contributed by atoms with Gasteiger partial charge < -0.3 is 14.8 Å². The van der Waals surface area contributed by atoms with Crippen molar-refractivity contribution in [1.29, 1.82) is 0 Å². The molecule has 1 aromatic heterocycles. The summed E-state index contributed by atoms with van der Waals surface area (Å²) >= 11 is 6.88. The van der Waals surface area contributed by atoms with Crippen molar-refractivity contribution in [2.24, 2.45) is 0 Å². The quantitative estimate of drug-likeness (QED) is 0.270. The normalized spacial score (nSPS) is 10.4. The summed E-state index contributed by atoms with van der Waals surface area (Å²) in [5.74, 6) is -2.23. The molecule has 0 aliphatic rings. The molecule has 3 aromatic rings. The van der Waals surface area contributed by atoms with Crippen LogP contribution in [-0.4, -0.2) is 36.0 Å². The fourth-order valence-corrected chi connectivity index (χ4v) is 3.96. The number of ether oxygens (including phenoxy) is 2. The van der Waals surface area contributed by atoms with Crippen molar-refractivity contribution < 1.29 is 28.8 Å². The number of carbonyl (C=O) groups is 3. The van der Waals surface area contributed by atoms with Gasteiger partial charge in [-0.1, -0.05) is 41.9 Å².